The van der Waals surface area contributed by atoms with Gasteiger partial charge in [-0.2, -0.15) is 0 Å². The van der Waals surface area contributed by atoms with Gasteiger partial charge in [-0.3, -0.25) is 4.79 Å². The third-order valence-corrected chi connectivity index (χ3v) is 5.48. The zero-order chi connectivity index (χ0) is 23.4. The molecule has 0 fully saturated rings. The van der Waals surface area contributed by atoms with Crippen molar-refractivity contribution in [3.63, 3.8) is 0 Å². The lowest BCUT2D eigenvalue weighted by Crippen LogP contribution is -2.37. The van der Waals surface area contributed by atoms with Gasteiger partial charge in [0.1, 0.15) is 11.3 Å². The van der Waals surface area contributed by atoms with Crippen LogP contribution in [-0.4, -0.2) is 39.4 Å². The van der Waals surface area contributed by atoms with Gasteiger partial charge in [0.05, 0.1) is 17.4 Å². The molecular weight excluding hydrogens is 413 g/mol. The summed E-state index contributed by atoms with van der Waals surface area (Å²) < 4.78 is 24.9. The van der Waals surface area contributed by atoms with Crippen LogP contribution in [0.2, 0.25) is 0 Å². The highest BCUT2D eigenvalue weighted by Gasteiger charge is 2.39. The number of ether oxygens (including phenoxy) is 1. The quantitative estimate of drug-likeness (QED) is 0.601. The standard InChI is InChI=1S/C24H26FN3O4/c1-12(2)31-23(30)16-10-28(22(29)15-7-8-17(25)13(3)9-15)11-24(5,6)18-19(16)27-21-20(18)26-14(4)32-21/h7-10,12,27H,11H2,1-6H3. The Hall–Kier alpha value is -3.42. The van der Waals surface area contributed by atoms with E-state index in [1.807, 2.05) is 13.8 Å². The van der Waals surface area contributed by atoms with Crippen LogP contribution in [0.1, 0.15) is 60.8 Å². The van der Waals surface area contributed by atoms with Gasteiger partial charge in [-0.15, -0.1) is 0 Å². The van der Waals surface area contributed by atoms with E-state index in [-0.39, 0.29) is 29.9 Å². The number of hydrogen-bond acceptors (Lipinski definition) is 5. The maximum Gasteiger partial charge on any atom is 0.342 e. The van der Waals surface area contributed by atoms with Crippen LogP contribution in [-0.2, 0) is 14.9 Å². The Balaban J connectivity index is 1.88. The minimum Gasteiger partial charge on any atom is -0.459 e. The van der Waals surface area contributed by atoms with Crippen molar-refractivity contribution in [3.8, 4) is 0 Å². The number of hydrogen-bond donors (Lipinski definition) is 1. The van der Waals surface area contributed by atoms with Crippen LogP contribution in [0.3, 0.4) is 0 Å². The van der Waals surface area contributed by atoms with Crippen LogP contribution >= 0.6 is 0 Å². The fraction of sp³-hybridized carbons (Fsp3) is 0.375. The zero-order valence-electron chi connectivity index (χ0n) is 19.0. The highest BCUT2D eigenvalue weighted by molar-refractivity contribution is 6.18. The number of benzene rings is 1. The fourth-order valence-corrected chi connectivity index (χ4v) is 4.11. The summed E-state index contributed by atoms with van der Waals surface area (Å²) in [7, 11) is 0. The van der Waals surface area contributed by atoms with Crippen LogP contribution in [0.15, 0.2) is 28.8 Å². The Labute approximate surface area is 185 Å². The first-order valence-electron chi connectivity index (χ1n) is 10.5. The minimum atomic E-state index is -0.585. The Bertz CT molecular complexity index is 1270. The minimum absolute atomic E-state index is 0.206. The van der Waals surface area contributed by atoms with E-state index in [0.29, 0.717) is 33.9 Å². The van der Waals surface area contributed by atoms with E-state index >= 15 is 0 Å². The molecule has 3 heterocycles. The van der Waals surface area contributed by atoms with Gasteiger partial charge in [0.2, 0.25) is 5.71 Å². The third-order valence-electron chi connectivity index (χ3n) is 5.48. The van der Waals surface area contributed by atoms with Crippen molar-refractivity contribution < 1.29 is 23.1 Å². The van der Waals surface area contributed by atoms with Crippen LogP contribution < -0.4 is 0 Å². The average molecular weight is 439 g/mol. The summed E-state index contributed by atoms with van der Waals surface area (Å²) in [5.74, 6) is -0.784. The number of carbonyl (C=O) groups is 2. The van der Waals surface area contributed by atoms with E-state index < -0.39 is 11.4 Å². The molecule has 7 nitrogen and oxygen atoms in total. The van der Waals surface area contributed by atoms with Crippen molar-refractivity contribution >= 4 is 28.7 Å². The summed E-state index contributed by atoms with van der Waals surface area (Å²) in [4.78, 5) is 35.6. The molecule has 1 aliphatic rings. The maximum atomic E-state index is 13.8. The Kier molecular flexibility index (Phi) is 5.19. The van der Waals surface area contributed by atoms with E-state index in [4.69, 9.17) is 9.15 Å². The molecule has 1 amide bonds. The van der Waals surface area contributed by atoms with Crippen LogP contribution in [0.4, 0.5) is 4.39 Å². The largest absolute Gasteiger partial charge is 0.459 e. The lowest BCUT2D eigenvalue weighted by atomic mass is 9.83. The molecule has 0 saturated heterocycles. The second-order valence-electron chi connectivity index (χ2n) is 9.06. The van der Waals surface area contributed by atoms with Crippen molar-refractivity contribution in [2.45, 2.75) is 53.1 Å². The smallest absolute Gasteiger partial charge is 0.342 e. The molecule has 8 heteroatoms. The molecule has 168 valence electrons. The van der Waals surface area contributed by atoms with Gasteiger partial charge >= 0.3 is 5.97 Å². The number of carbonyl (C=O) groups excluding carboxylic acids is 2. The Morgan fingerprint density at radius 3 is 2.66 bits per heavy atom. The molecule has 1 aliphatic heterocycles. The number of nitrogens with zero attached hydrogens (tertiary/aromatic N) is 2. The second-order valence-corrected chi connectivity index (χ2v) is 9.06. The molecule has 32 heavy (non-hydrogen) atoms. The lowest BCUT2D eigenvalue weighted by Gasteiger charge is -2.29. The first-order chi connectivity index (χ1) is 15.0. The SMILES string of the molecule is Cc1nc2c3c([nH]c2o1)C(C(=O)OC(C)C)=CN(C(=O)c1ccc(F)c(C)c1)CC3(C)C. The molecule has 0 saturated carbocycles. The number of aromatic amines is 1. The van der Waals surface area contributed by atoms with Crippen molar-refractivity contribution in [1.82, 2.24) is 14.9 Å². The highest BCUT2D eigenvalue weighted by atomic mass is 19.1. The number of halogens is 1. The number of nitrogens with one attached hydrogen (secondary N) is 1. The predicted octanol–water partition coefficient (Wildman–Crippen LogP) is 4.64. The third kappa shape index (κ3) is 3.70. The summed E-state index contributed by atoms with van der Waals surface area (Å²) in [6.45, 7) is 11.1. The molecule has 0 bridgehead atoms. The number of fused-ring (bicyclic) bond motifs is 3. The molecule has 0 radical (unpaired) electrons. The number of amides is 1. The topological polar surface area (TPSA) is 88.4 Å². The zero-order valence-corrected chi connectivity index (χ0v) is 19.0. The van der Waals surface area contributed by atoms with Gasteiger partial charge in [-0.25, -0.2) is 14.2 Å². The van der Waals surface area contributed by atoms with Gasteiger partial charge in [-0.1, -0.05) is 13.8 Å². The number of oxazole rings is 1. The van der Waals surface area contributed by atoms with Gasteiger partial charge in [0, 0.05) is 36.2 Å². The molecule has 0 aliphatic carbocycles. The second kappa shape index (κ2) is 7.62. The molecule has 4 rings (SSSR count). The molecule has 0 unspecified atom stereocenters. The van der Waals surface area contributed by atoms with E-state index in [0.717, 1.165) is 5.56 Å². The van der Waals surface area contributed by atoms with E-state index in [1.54, 1.807) is 27.7 Å². The first kappa shape index (κ1) is 21.8. The average Bonchev–Trinajstić information content (AvgIpc) is 3.17. The summed E-state index contributed by atoms with van der Waals surface area (Å²) in [5.41, 5.74) is 2.72. The Morgan fingerprint density at radius 1 is 1.28 bits per heavy atom. The number of esters is 1. The highest BCUT2D eigenvalue weighted by Crippen LogP contribution is 2.40. The van der Waals surface area contributed by atoms with Crippen molar-refractivity contribution in [2.24, 2.45) is 0 Å². The van der Waals surface area contributed by atoms with Gasteiger partial charge in [0.15, 0.2) is 5.89 Å². The molecular formula is C24H26FN3O4. The van der Waals surface area contributed by atoms with Crippen molar-refractivity contribution in [2.75, 3.05) is 6.54 Å². The van der Waals surface area contributed by atoms with Crippen LogP contribution in [0, 0.1) is 19.7 Å². The Morgan fingerprint density at radius 2 is 2.00 bits per heavy atom. The molecule has 0 spiro atoms. The number of H-pyrrole nitrogens is 1. The molecule has 0 atom stereocenters. The van der Waals surface area contributed by atoms with Crippen molar-refractivity contribution in [3.05, 3.63) is 58.5 Å². The summed E-state index contributed by atoms with van der Waals surface area (Å²) >= 11 is 0. The number of aryl methyl sites for hydroxylation is 2. The van der Waals surface area contributed by atoms with Gasteiger partial charge in [-0.05, 0) is 44.5 Å². The predicted molar refractivity (Wildman–Crippen MR) is 118 cm³/mol. The number of rotatable bonds is 3. The molecule has 1 aromatic carbocycles. The van der Waals surface area contributed by atoms with E-state index in [9.17, 15) is 14.0 Å². The lowest BCUT2D eigenvalue weighted by molar-refractivity contribution is -0.140. The van der Waals surface area contributed by atoms with Gasteiger partial charge < -0.3 is 19.0 Å². The van der Waals surface area contributed by atoms with Gasteiger partial charge in [0.25, 0.3) is 5.91 Å². The van der Waals surface area contributed by atoms with E-state index in [2.05, 4.69) is 9.97 Å². The van der Waals surface area contributed by atoms with Crippen LogP contribution in [0.5, 0.6) is 0 Å². The molecule has 1 N–H and O–H groups in total. The first-order valence-corrected chi connectivity index (χ1v) is 10.5. The summed E-state index contributed by atoms with van der Waals surface area (Å²) in [6.07, 6.45) is 1.16. The maximum absolute atomic E-state index is 13.8. The van der Waals surface area contributed by atoms with E-state index in [1.165, 1.54) is 29.3 Å². The fourth-order valence-electron chi connectivity index (χ4n) is 4.11. The van der Waals surface area contributed by atoms with Crippen LogP contribution in [0.25, 0.3) is 16.8 Å². The summed E-state index contributed by atoms with van der Waals surface area (Å²) in [5, 5.41) is 0. The molecule has 2 aromatic heterocycles. The number of aromatic nitrogens is 2. The normalized spacial score (nSPS) is 15.5. The summed E-state index contributed by atoms with van der Waals surface area (Å²) in [6, 6.07) is 4.22. The monoisotopic (exact) mass is 439 g/mol. The van der Waals surface area contributed by atoms with Crippen molar-refractivity contribution in [1.29, 1.82) is 0 Å². The molecule has 3 aromatic rings.